The summed E-state index contributed by atoms with van der Waals surface area (Å²) in [5.74, 6) is 0. The van der Waals surface area contributed by atoms with Crippen molar-refractivity contribution in [2.75, 3.05) is 31.1 Å². The first-order valence-electron chi connectivity index (χ1n) is 6.57. The standard InChI is InChI=1S/C14H17N3O2S/c15-20(18,19)14-12-4-2-1-3-11(12)5-6-13(14)17-9-7-16-8-10-17/h1-6,16H,7-10H2,(H2,15,18,19). The van der Waals surface area contributed by atoms with Crippen LogP contribution in [0.2, 0.25) is 0 Å². The molecule has 106 valence electrons. The number of fused-ring (bicyclic) bond motifs is 1. The number of nitrogens with zero attached hydrogens (tertiary/aromatic N) is 1. The summed E-state index contributed by atoms with van der Waals surface area (Å²) in [6.45, 7) is 3.25. The van der Waals surface area contributed by atoms with Gasteiger partial charge in [0, 0.05) is 31.6 Å². The average Bonchev–Trinajstić information content (AvgIpc) is 2.46. The van der Waals surface area contributed by atoms with E-state index in [1.807, 2.05) is 30.3 Å². The summed E-state index contributed by atoms with van der Waals surface area (Å²) in [6, 6.07) is 11.2. The third-order valence-corrected chi connectivity index (χ3v) is 4.60. The molecule has 6 heteroatoms. The molecule has 0 atom stereocenters. The average molecular weight is 291 g/mol. The van der Waals surface area contributed by atoms with E-state index in [0.717, 1.165) is 31.6 Å². The van der Waals surface area contributed by atoms with E-state index in [-0.39, 0.29) is 4.90 Å². The van der Waals surface area contributed by atoms with Crippen LogP contribution in [0.4, 0.5) is 5.69 Å². The molecule has 1 heterocycles. The van der Waals surface area contributed by atoms with Crippen LogP contribution in [0, 0.1) is 0 Å². The molecule has 3 N–H and O–H groups in total. The zero-order valence-corrected chi connectivity index (χ0v) is 11.9. The fraction of sp³-hybridized carbons (Fsp3) is 0.286. The molecule has 2 aromatic carbocycles. The van der Waals surface area contributed by atoms with Gasteiger partial charge in [0.15, 0.2) is 0 Å². The van der Waals surface area contributed by atoms with Crippen LogP contribution in [-0.4, -0.2) is 34.6 Å². The molecule has 0 bridgehead atoms. The number of hydrogen-bond acceptors (Lipinski definition) is 4. The van der Waals surface area contributed by atoms with Gasteiger partial charge in [-0.15, -0.1) is 0 Å². The first-order valence-corrected chi connectivity index (χ1v) is 8.12. The number of benzene rings is 2. The number of nitrogens with one attached hydrogen (secondary N) is 1. The van der Waals surface area contributed by atoms with Gasteiger partial charge in [0.05, 0.1) is 5.69 Å². The van der Waals surface area contributed by atoms with Crippen molar-refractivity contribution in [3.63, 3.8) is 0 Å². The molecule has 2 aromatic rings. The normalized spacial score (nSPS) is 16.6. The summed E-state index contributed by atoms with van der Waals surface area (Å²) in [7, 11) is -3.77. The van der Waals surface area contributed by atoms with E-state index in [9.17, 15) is 8.42 Å². The lowest BCUT2D eigenvalue weighted by atomic mass is 10.1. The zero-order valence-electron chi connectivity index (χ0n) is 11.0. The SMILES string of the molecule is NS(=O)(=O)c1c(N2CCNCC2)ccc2ccccc12. The molecule has 0 amide bonds. The third-order valence-electron chi connectivity index (χ3n) is 3.60. The van der Waals surface area contributed by atoms with Crippen molar-refractivity contribution < 1.29 is 8.42 Å². The van der Waals surface area contributed by atoms with Crippen molar-refractivity contribution >= 4 is 26.5 Å². The van der Waals surface area contributed by atoms with Crippen LogP contribution in [0.25, 0.3) is 10.8 Å². The van der Waals surface area contributed by atoms with Gasteiger partial charge in [-0.05, 0) is 11.5 Å². The number of nitrogens with two attached hydrogens (primary N) is 1. The number of anilines is 1. The molecule has 0 radical (unpaired) electrons. The highest BCUT2D eigenvalue weighted by atomic mass is 32.2. The van der Waals surface area contributed by atoms with Gasteiger partial charge in [-0.25, -0.2) is 13.6 Å². The first-order chi connectivity index (χ1) is 9.57. The lowest BCUT2D eigenvalue weighted by Gasteiger charge is -2.31. The maximum Gasteiger partial charge on any atom is 0.240 e. The van der Waals surface area contributed by atoms with Gasteiger partial charge >= 0.3 is 0 Å². The number of primary sulfonamides is 1. The van der Waals surface area contributed by atoms with Crippen LogP contribution in [0.3, 0.4) is 0 Å². The summed E-state index contributed by atoms with van der Waals surface area (Å²) < 4.78 is 24.1. The highest BCUT2D eigenvalue weighted by Crippen LogP contribution is 2.32. The Balaban J connectivity index is 2.26. The van der Waals surface area contributed by atoms with Crippen molar-refractivity contribution in [2.24, 2.45) is 5.14 Å². The number of rotatable bonds is 2. The maximum absolute atomic E-state index is 12.0. The molecule has 0 unspecified atom stereocenters. The summed E-state index contributed by atoms with van der Waals surface area (Å²) in [6.07, 6.45) is 0. The number of hydrogen-bond donors (Lipinski definition) is 2. The molecule has 1 fully saturated rings. The summed E-state index contributed by atoms with van der Waals surface area (Å²) in [4.78, 5) is 2.31. The van der Waals surface area contributed by atoms with E-state index in [0.29, 0.717) is 11.1 Å². The minimum absolute atomic E-state index is 0.234. The van der Waals surface area contributed by atoms with Crippen LogP contribution in [0.5, 0.6) is 0 Å². The minimum atomic E-state index is -3.77. The van der Waals surface area contributed by atoms with E-state index in [2.05, 4.69) is 10.2 Å². The molecule has 1 saturated heterocycles. The summed E-state index contributed by atoms with van der Waals surface area (Å²) in [5, 5.41) is 10.3. The molecule has 0 spiro atoms. The lowest BCUT2D eigenvalue weighted by molar-refractivity contribution is 0.581. The second kappa shape index (κ2) is 5.05. The first kappa shape index (κ1) is 13.4. The quantitative estimate of drug-likeness (QED) is 0.862. The molecule has 0 aromatic heterocycles. The second-order valence-corrected chi connectivity index (χ2v) is 6.42. The van der Waals surface area contributed by atoms with Crippen molar-refractivity contribution in [3.8, 4) is 0 Å². The Kier molecular flexibility index (Phi) is 3.37. The van der Waals surface area contributed by atoms with Crippen LogP contribution in [0.1, 0.15) is 0 Å². The second-order valence-electron chi connectivity index (χ2n) is 4.92. The Morgan fingerprint density at radius 2 is 1.75 bits per heavy atom. The van der Waals surface area contributed by atoms with Crippen molar-refractivity contribution in [1.82, 2.24) is 5.32 Å². The van der Waals surface area contributed by atoms with Crippen LogP contribution >= 0.6 is 0 Å². The molecule has 3 rings (SSSR count). The van der Waals surface area contributed by atoms with Crippen LogP contribution in [0.15, 0.2) is 41.3 Å². The van der Waals surface area contributed by atoms with E-state index in [4.69, 9.17) is 5.14 Å². The summed E-state index contributed by atoms with van der Waals surface area (Å²) >= 11 is 0. The maximum atomic E-state index is 12.0. The third kappa shape index (κ3) is 2.37. The Labute approximate surface area is 118 Å². The van der Waals surface area contributed by atoms with E-state index >= 15 is 0 Å². The fourth-order valence-electron chi connectivity index (χ4n) is 2.69. The number of sulfonamides is 1. The van der Waals surface area contributed by atoms with Crippen LogP contribution < -0.4 is 15.4 Å². The van der Waals surface area contributed by atoms with E-state index < -0.39 is 10.0 Å². The Morgan fingerprint density at radius 3 is 2.45 bits per heavy atom. The molecule has 1 aliphatic rings. The van der Waals surface area contributed by atoms with Gasteiger partial charge in [-0.3, -0.25) is 0 Å². The zero-order chi connectivity index (χ0) is 14.2. The monoisotopic (exact) mass is 291 g/mol. The molecule has 0 saturated carbocycles. The predicted molar refractivity (Wildman–Crippen MR) is 80.4 cm³/mol. The summed E-state index contributed by atoms with van der Waals surface area (Å²) in [5.41, 5.74) is 0.702. The number of piperazine rings is 1. The Bertz CT molecular complexity index is 737. The smallest absolute Gasteiger partial charge is 0.240 e. The molecule has 0 aliphatic carbocycles. The van der Waals surface area contributed by atoms with Crippen molar-refractivity contribution in [1.29, 1.82) is 0 Å². The van der Waals surface area contributed by atoms with Gasteiger partial charge in [-0.2, -0.15) is 0 Å². The Morgan fingerprint density at radius 1 is 1.05 bits per heavy atom. The molecule has 1 aliphatic heterocycles. The molecular formula is C14H17N3O2S. The van der Waals surface area contributed by atoms with Gasteiger partial charge in [0.25, 0.3) is 0 Å². The molecular weight excluding hydrogens is 274 g/mol. The van der Waals surface area contributed by atoms with Gasteiger partial charge in [-0.1, -0.05) is 30.3 Å². The highest BCUT2D eigenvalue weighted by molar-refractivity contribution is 7.89. The lowest BCUT2D eigenvalue weighted by Crippen LogP contribution is -2.44. The molecule has 20 heavy (non-hydrogen) atoms. The van der Waals surface area contributed by atoms with Crippen molar-refractivity contribution in [2.45, 2.75) is 4.90 Å². The van der Waals surface area contributed by atoms with Crippen LogP contribution in [-0.2, 0) is 10.0 Å². The highest BCUT2D eigenvalue weighted by Gasteiger charge is 2.22. The molecule has 5 nitrogen and oxygen atoms in total. The van der Waals surface area contributed by atoms with E-state index in [1.165, 1.54) is 0 Å². The van der Waals surface area contributed by atoms with E-state index in [1.54, 1.807) is 6.07 Å². The predicted octanol–water partition coefficient (Wildman–Crippen LogP) is 0.897. The topological polar surface area (TPSA) is 75.4 Å². The van der Waals surface area contributed by atoms with Gasteiger partial charge in [0.1, 0.15) is 4.90 Å². The van der Waals surface area contributed by atoms with Crippen molar-refractivity contribution in [3.05, 3.63) is 36.4 Å². The fourth-order valence-corrected chi connectivity index (χ4v) is 3.67. The largest absolute Gasteiger partial charge is 0.368 e. The Hall–Kier alpha value is -1.63. The minimum Gasteiger partial charge on any atom is -0.368 e. The van der Waals surface area contributed by atoms with Gasteiger partial charge < -0.3 is 10.2 Å². The van der Waals surface area contributed by atoms with Gasteiger partial charge in [0.2, 0.25) is 10.0 Å².